The second kappa shape index (κ2) is 3.61. The van der Waals surface area contributed by atoms with Crippen molar-refractivity contribution in [2.45, 2.75) is 5.75 Å². The lowest BCUT2D eigenvalue weighted by Crippen LogP contribution is -1.83. The van der Waals surface area contributed by atoms with Gasteiger partial charge in [-0.2, -0.15) is 0 Å². The van der Waals surface area contributed by atoms with Crippen molar-refractivity contribution in [3.63, 3.8) is 0 Å². The van der Waals surface area contributed by atoms with Crippen LogP contribution in [0.15, 0.2) is 30.3 Å². The molecule has 3 heteroatoms. The van der Waals surface area contributed by atoms with Gasteiger partial charge in [0, 0.05) is 0 Å². The Morgan fingerprint density at radius 1 is 1.10 bits per heavy atom. The molecule has 0 bridgehead atoms. The van der Waals surface area contributed by atoms with Crippen molar-refractivity contribution >= 4 is 11.5 Å². The van der Waals surface area contributed by atoms with E-state index >= 15 is 0 Å². The van der Waals surface area contributed by atoms with Gasteiger partial charge < -0.3 is 9.11 Å². The van der Waals surface area contributed by atoms with Gasteiger partial charge in [0.05, 0.1) is 5.75 Å². The first-order valence-electron chi connectivity index (χ1n) is 2.98. The number of benzene rings is 1. The Morgan fingerprint density at radius 3 is 2.20 bits per heavy atom. The molecular weight excluding hydrogens is 148 g/mol. The fourth-order valence-corrected chi connectivity index (χ4v) is 1.28. The topological polar surface area (TPSA) is 40.5 Å². The average molecular weight is 158 g/mol. The second-order valence-electron chi connectivity index (χ2n) is 2.02. The van der Waals surface area contributed by atoms with Crippen LogP contribution in [0.4, 0.5) is 0 Å². The van der Waals surface area contributed by atoms with Crippen LogP contribution in [0.1, 0.15) is 5.56 Å². The molecule has 10 heavy (non-hydrogen) atoms. The van der Waals surface area contributed by atoms with E-state index in [-0.39, 0.29) is 0 Å². The minimum Gasteiger partial charge on any atom is -0.302 e. The molecule has 2 N–H and O–H groups in total. The first kappa shape index (κ1) is 7.60. The molecule has 0 heterocycles. The molecule has 0 unspecified atom stereocenters. The van der Waals surface area contributed by atoms with E-state index in [4.69, 9.17) is 9.11 Å². The second-order valence-corrected chi connectivity index (χ2v) is 3.08. The largest absolute Gasteiger partial charge is 0.302 e. The number of hydrogen-bond donors (Lipinski definition) is 3. The molecular formula is C7H10O2S. The van der Waals surface area contributed by atoms with Crippen LogP contribution in [0.3, 0.4) is 0 Å². The molecule has 0 atom stereocenters. The summed E-state index contributed by atoms with van der Waals surface area (Å²) in [6.07, 6.45) is 0. The predicted octanol–water partition coefficient (Wildman–Crippen LogP) is 2.13. The van der Waals surface area contributed by atoms with Gasteiger partial charge in [-0.15, -0.1) is 0 Å². The molecule has 0 saturated heterocycles. The Morgan fingerprint density at radius 2 is 1.70 bits per heavy atom. The van der Waals surface area contributed by atoms with Crippen LogP contribution in [0.2, 0.25) is 0 Å². The van der Waals surface area contributed by atoms with Crippen LogP contribution in [-0.4, -0.2) is 9.11 Å². The van der Waals surface area contributed by atoms with Gasteiger partial charge >= 0.3 is 0 Å². The lowest BCUT2D eigenvalue weighted by Gasteiger charge is -2.09. The lowest BCUT2D eigenvalue weighted by molar-refractivity contribution is 0.515. The summed E-state index contributed by atoms with van der Waals surface area (Å²) in [5.41, 5.74) is 0.971. The molecule has 0 aromatic heterocycles. The minimum absolute atomic E-state index is 0.371. The van der Waals surface area contributed by atoms with Crippen molar-refractivity contribution in [2.24, 2.45) is 0 Å². The Bertz CT molecular complexity index is 186. The summed E-state index contributed by atoms with van der Waals surface area (Å²) in [7, 11) is 0. The summed E-state index contributed by atoms with van der Waals surface area (Å²) in [5.74, 6) is 0.371. The molecule has 2 nitrogen and oxygen atoms in total. The van der Waals surface area contributed by atoms with Crippen LogP contribution < -0.4 is 0 Å². The lowest BCUT2D eigenvalue weighted by atomic mass is 10.2. The smallest absolute Gasteiger partial charge is 0.0596 e. The molecule has 0 radical (unpaired) electrons. The Balaban J connectivity index is 2.59. The maximum Gasteiger partial charge on any atom is 0.0596 e. The average Bonchev–Trinajstić information content (AvgIpc) is 1.88. The fraction of sp³-hybridized carbons (Fsp3) is 0.143. The van der Waals surface area contributed by atoms with Crippen molar-refractivity contribution in [1.82, 2.24) is 0 Å². The Kier molecular flexibility index (Phi) is 2.74. The Labute approximate surface area is 62.9 Å². The number of rotatable bonds is 2. The first-order chi connectivity index (χ1) is 4.79. The first-order valence-corrected chi connectivity index (χ1v) is 4.41. The Hall–Kier alpha value is -0.510. The van der Waals surface area contributed by atoms with E-state index in [0.29, 0.717) is 5.75 Å². The number of hydrogen-bond acceptors (Lipinski definition) is 2. The summed E-state index contributed by atoms with van der Waals surface area (Å²) in [5, 5.41) is 0. The zero-order chi connectivity index (χ0) is 7.40. The summed E-state index contributed by atoms with van der Waals surface area (Å²) in [6, 6.07) is 9.42. The van der Waals surface area contributed by atoms with E-state index in [9.17, 15) is 0 Å². The zero-order valence-electron chi connectivity index (χ0n) is 5.44. The van der Waals surface area contributed by atoms with E-state index in [0.717, 1.165) is 5.56 Å². The molecule has 0 amide bonds. The highest BCUT2D eigenvalue weighted by Crippen LogP contribution is 2.19. The molecule has 1 rings (SSSR count). The van der Waals surface area contributed by atoms with Crippen molar-refractivity contribution < 1.29 is 9.11 Å². The molecule has 0 fully saturated rings. The maximum absolute atomic E-state index is 8.63. The molecule has 0 spiro atoms. The van der Waals surface area contributed by atoms with E-state index < -0.39 is 11.5 Å². The molecule has 0 saturated carbocycles. The van der Waals surface area contributed by atoms with Crippen molar-refractivity contribution in [2.75, 3.05) is 0 Å². The van der Waals surface area contributed by atoms with E-state index in [1.54, 1.807) is 0 Å². The molecule has 0 aliphatic rings. The number of thiol groups is 1. The van der Waals surface area contributed by atoms with Crippen molar-refractivity contribution in [3.8, 4) is 0 Å². The molecule has 1 aromatic carbocycles. The van der Waals surface area contributed by atoms with Crippen molar-refractivity contribution in [1.29, 1.82) is 0 Å². The summed E-state index contributed by atoms with van der Waals surface area (Å²) < 4.78 is 17.3. The van der Waals surface area contributed by atoms with Crippen LogP contribution in [0.25, 0.3) is 0 Å². The molecule has 0 aliphatic carbocycles. The van der Waals surface area contributed by atoms with Crippen LogP contribution in [-0.2, 0) is 5.75 Å². The third-order valence-electron chi connectivity index (χ3n) is 1.17. The van der Waals surface area contributed by atoms with Gasteiger partial charge in [-0.3, -0.25) is 0 Å². The normalized spacial score (nSPS) is 11.2. The van der Waals surface area contributed by atoms with Gasteiger partial charge in [-0.1, -0.05) is 30.3 Å². The van der Waals surface area contributed by atoms with Crippen LogP contribution in [0.5, 0.6) is 0 Å². The highest BCUT2D eigenvalue weighted by atomic mass is 32.2. The quantitative estimate of drug-likeness (QED) is 0.577. The van der Waals surface area contributed by atoms with Crippen LogP contribution in [0, 0.1) is 0 Å². The maximum atomic E-state index is 8.63. The van der Waals surface area contributed by atoms with Crippen LogP contribution >= 0.6 is 11.5 Å². The molecule has 56 valence electrons. The monoisotopic (exact) mass is 158 g/mol. The summed E-state index contributed by atoms with van der Waals surface area (Å²) in [6.45, 7) is 0. The van der Waals surface area contributed by atoms with Gasteiger partial charge in [0.25, 0.3) is 0 Å². The zero-order valence-corrected chi connectivity index (χ0v) is 6.33. The third-order valence-corrected chi connectivity index (χ3v) is 1.81. The van der Waals surface area contributed by atoms with Gasteiger partial charge in [0.15, 0.2) is 0 Å². The van der Waals surface area contributed by atoms with Gasteiger partial charge in [-0.05, 0) is 5.56 Å². The van der Waals surface area contributed by atoms with Gasteiger partial charge in [-0.25, -0.2) is 11.5 Å². The van der Waals surface area contributed by atoms with Gasteiger partial charge in [0.2, 0.25) is 0 Å². The van der Waals surface area contributed by atoms with E-state index in [2.05, 4.69) is 0 Å². The summed E-state index contributed by atoms with van der Waals surface area (Å²) in [4.78, 5) is 0. The highest BCUT2D eigenvalue weighted by molar-refractivity contribution is 8.06. The minimum atomic E-state index is -1.78. The molecule has 1 aromatic rings. The third kappa shape index (κ3) is 2.39. The predicted molar refractivity (Wildman–Crippen MR) is 44.4 cm³/mol. The van der Waals surface area contributed by atoms with E-state index in [1.165, 1.54) is 0 Å². The summed E-state index contributed by atoms with van der Waals surface area (Å²) >= 11 is -1.78. The van der Waals surface area contributed by atoms with E-state index in [1.807, 2.05) is 30.3 Å². The highest BCUT2D eigenvalue weighted by Gasteiger charge is 1.90. The SMILES string of the molecule is O[SH](O)Cc1ccccc1. The standard InChI is InChI=1S/C7H10O2S/c8-10(9)6-7-4-2-1-3-5-7/h1-5,8-10H,6H2. The van der Waals surface area contributed by atoms with Gasteiger partial charge in [0.1, 0.15) is 0 Å². The fourth-order valence-electron chi connectivity index (χ4n) is 0.747. The van der Waals surface area contributed by atoms with Crippen molar-refractivity contribution in [3.05, 3.63) is 35.9 Å². The molecule has 0 aliphatic heterocycles.